The number of nitro groups is 1. The number of esters is 1. The summed E-state index contributed by atoms with van der Waals surface area (Å²) in [6.07, 6.45) is -0.469. The summed E-state index contributed by atoms with van der Waals surface area (Å²) in [4.78, 5) is 51.4. The van der Waals surface area contributed by atoms with E-state index in [0.717, 1.165) is 0 Å². The third kappa shape index (κ3) is 4.77. The standard InChI is InChI=1S/C28H23Cl2FN4O6.CH4/c1-12-8-16(19(32)10-15(12)26(37)41-2)22(36)11-21-25(35(39)40)23(14-4-3-5-18(30)24(14)31)28(34-21)17-7-6-13(29)9-20(17)33-27(28)38;/h3-10,21,23,25,34H,11,32H2,1-2H3,(H,33,38);1H4/t21-,23-,25?,28+;/m0./s1. The number of ketones is 1. The van der Waals surface area contributed by atoms with Crippen molar-refractivity contribution in [3.63, 3.8) is 0 Å². The van der Waals surface area contributed by atoms with Gasteiger partial charge in [0.05, 0.1) is 29.7 Å². The normalized spacial score (nSPS) is 22.3. The van der Waals surface area contributed by atoms with Gasteiger partial charge in [-0.25, -0.2) is 9.18 Å². The highest BCUT2D eigenvalue weighted by atomic mass is 35.5. The van der Waals surface area contributed by atoms with E-state index in [1.807, 2.05) is 0 Å². The maximum Gasteiger partial charge on any atom is 0.338 e. The van der Waals surface area contributed by atoms with Crippen LogP contribution >= 0.6 is 23.2 Å². The van der Waals surface area contributed by atoms with E-state index in [1.165, 1.54) is 55.6 Å². The molecular weight excluding hydrogens is 590 g/mol. The minimum absolute atomic E-state index is 0. The highest BCUT2D eigenvalue weighted by molar-refractivity contribution is 6.31. The number of aryl methyl sites for hydroxylation is 1. The number of carbonyl (C=O) groups excluding carboxylic acids is 3. The number of nitrogens with zero attached hydrogens (tertiary/aromatic N) is 1. The molecule has 3 aromatic rings. The molecule has 1 saturated heterocycles. The second-order valence-corrected chi connectivity index (χ2v) is 10.8. The lowest BCUT2D eigenvalue weighted by atomic mass is 9.74. The number of Topliss-reactive ketones (excluding diaryl/α,β-unsaturated/α-hetero) is 1. The van der Waals surface area contributed by atoms with Crippen LogP contribution in [0.2, 0.25) is 10.0 Å². The number of nitrogens with two attached hydrogens (primary N) is 1. The molecule has 1 amide bonds. The van der Waals surface area contributed by atoms with Gasteiger partial charge in [0.15, 0.2) is 5.78 Å². The Labute approximate surface area is 250 Å². The number of methoxy groups -OCH3 is 1. The van der Waals surface area contributed by atoms with Gasteiger partial charge in [0.2, 0.25) is 11.9 Å². The van der Waals surface area contributed by atoms with Crippen molar-refractivity contribution in [2.45, 2.75) is 44.3 Å². The van der Waals surface area contributed by atoms with Gasteiger partial charge >= 0.3 is 5.97 Å². The van der Waals surface area contributed by atoms with Crippen LogP contribution in [-0.4, -0.2) is 41.8 Å². The van der Waals surface area contributed by atoms with Crippen molar-refractivity contribution >= 4 is 52.2 Å². The SMILES string of the molecule is C.COC(=O)c1cc(N)c(C(=O)C[C@@H]2N[C@@]3(C(=O)Nc4cc(Cl)ccc43)[C@@H](c3cccc(Cl)c3F)C2[N+](=O)[O-])cc1C. The fourth-order valence-electron chi connectivity index (χ4n) is 5.94. The first-order valence-electron chi connectivity index (χ1n) is 12.4. The number of nitrogen functional groups attached to an aromatic ring is 1. The largest absolute Gasteiger partial charge is 0.465 e. The Hall–Kier alpha value is -4.06. The smallest absolute Gasteiger partial charge is 0.338 e. The molecule has 2 heterocycles. The summed E-state index contributed by atoms with van der Waals surface area (Å²) in [5.74, 6) is -4.20. The molecule has 0 radical (unpaired) electrons. The summed E-state index contributed by atoms with van der Waals surface area (Å²) < 4.78 is 20.3. The van der Waals surface area contributed by atoms with Crippen LogP contribution in [0, 0.1) is 22.9 Å². The summed E-state index contributed by atoms with van der Waals surface area (Å²) >= 11 is 12.2. The van der Waals surface area contributed by atoms with Crippen LogP contribution in [0.3, 0.4) is 0 Å². The molecule has 0 aliphatic carbocycles. The van der Waals surface area contributed by atoms with E-state index in [0.29, 0.717) is 21.8 Å². The molecule has 1 unspecified atom stereocenters. The molecule has 2 aliphatic rings. The quantitative estimate of drug-likeness (QED) is 0.111. The molecule has 10 nitrogen and oxygen atoms in total. The molecular formula is C29H27Cl2FN4O6. The topological polar surface area (TPSA) is 154 Å². The van der Waals surface area contributed by atoms with E-state index in [9.17, 15) is 24.5 Å². The Morgan fingerprint density at radius 3 is 2.55 bits per heavy atom. The first-order chi connectivity index (χ1) is 19.4. The molecule has 0 saturated carbocycles. The number of halogens is 3. The van der Waals surface area contributed by atoms with Gasteiger partial charge in [-0.1, -0.05) is 48.8 Å². The summed E-state index contributed by atoms with van der Waals surface area (Å²) in [6, 6.07) is 8.43. The van der Waals surface area contributed by atoms with E-state index in [-0.39, 0.29) is 34.8 Å². The minimum Gasteiger partial charge on any atom is -0.465 e. The summed E-state index contributed by atoms with van der Waals surface area (Å²) in [5, 5.41) is 18.4. The second kappa shape index (κ2) is 11.3. The first-order valence-corrected chi connectivity index (χ1v) is 13.1. The summed E-state index contributed by atoms with van der Waals surface area (Å²) in [6.45, 7) is 1.59. The fourth-order valence-corrected chi connectivity index (χ4v) is 6.29. The van der Waals surface area contributed by atoms with Crippen molar-refractivity contribution < 1.29 is 28.4 Å². The lowest BCUT2D eigenvalue weighted by Crippen LogP contribution is -2.49. The molecule has 13 heteroatoms. The van der Waals surface area contributed by atoms with Crippen LogP contribution in [0.15, 0.2) is 48.5 Å². The highest BCUT2D eigenvalue weighted by Crippen LogP contribution is 2.54. The number of rotatable bonds is 6. The fraction of sp³-hybridized carbons (Fsp3) is 0.276. The predicted molar refractivity (Wildman–Crippen MR) is 156 cm³/mol. The summed E-state index contributed by atoms with van der Waals surface area (Å²) in [7, 11) is 1.21. The van der Waals surface area contributed by atoms with Gasteiger partial charge in [-0.3, -0.25) is 25.0 Å². The van der Waals surface area contributed by atoms with Crippen LogP contribution in [0.4, 0.5) is 15.8 Å². The molecule has 4 atom stereocenters. The van der Waals surface area contributed by atoms with E-state index < -0.39 is 58.4 Å². The van der Waals surface area contributed by atoms with Crippen molar-refractivity contribution in [1.82, 2.24) is 5.32 Å². The van der Waals surface area contributed by atoms with E-state index in [4.69, 9.17) is 33.7 Å². The molecule has 1 fully saturated rings. The maximum absolute atomic E-state index is 15.5. The third-order valence-electron chi connectivity index (χ3n) is 7.71. The van der Waals surface area contributed by atoms with Crippen molar-refractivity contribution in [3.8, 4) is 0 Å². The Balaban J connectivity index is 0.00000405. The Morgan fingerprint density at radius 2 is 1.88 bits per heavy atom. The molecule has 1 spiro atoms. The number of ether oxygens (including phenoxy) is 1. The first kappa shape index (κ1) is 30.9. The Morgan fingerprint density at radius 1 is 1.17 bits per heavy atom. The van der Waals surface area contributed by atoms with Crippen LogP contribution < -0.4 is 16.4 Å². The number of anilines is 2. The van der Waals surface area contributed by atoms with Crippen LogP contribution in [0.5, 0.6) is 0 Å². The zero-order chi connectivity index (χ0) is 29.8. The van der Waals surface area contributed by atoms with Gasteiger partial charge < -0.3 is 15.8 Å². The average Bonchev–Trinajstić information content (AvgIpc) is 3.39. The van der Waals surface area contributed by atoms with Gasteiger partial charge in [0.25, 0.3) is 0 Å². The molecule has 42 heavy (non-hydrogen) atoms. The Kier molecular flexibility index (Phi) is 8.32. The van der Waals surface area contributed by atoms with Crippen LogP contribution in [-0.2, 0) is 15.1 Å². The van der Waals surface area contributed by atoms with Crippen molar-refractivity contribution in [2.75, 3.05) is 18.2 Å². The van der Waals surface area contributed by atoms with Crippen molar-refractivity contribution in [3.05, 3.63) is 102 Å². The third-order valence-corrected chi connectivity index (χ3v) is 8.24. The number of benzene rings is 3. The van der Waals surface area contributed by atoms with Gasteiger partial charge in [-0.15, -0.1) is 0 Å². The van der Waals surface area contributed by atoms with Gasteiger partial charge in [0.1, 0.15) is 11.4 Å². The Bertz CT molecular complexity index is 1650. The van der Waals surface area contributed by atoms with E-state index in [2.05, 4.69) is 10.6 Å². The average molecular weight is 617 g/mol. The summed E-state index contributed by atoms with van der Waals surface area (Å²) in [5.41, 5.74) is 5.32. The molecule has 3 aromatic carbocycles. The number of hydrogen-bond acceptors (Lipinski definition) is 8. The predicted octanol–water partition coefficient (Wildman–Crippen LogP) is 5.27. The van der Waals surface area contributed by atoms with Crippen LogP contribution in [0.25, 0.3) is 0 Å². The highest BCUT2D eigenvalue weighted by Gasteiger charge is 2.67. The molecule has 220 valence electrons. The number of fused-ring (bicyclic) bond motifs is 2. The number of amides is 1. The van der Waals surface area contributed by atoms with Crippen molar-refractivity contribution in [2.24, 2.45) is 0 Å². The van der Waals surface area contributed by atoms with Crippen molar-refractivity contribution in [1.29, 1.82) is 0 Å². The zero-order valence-corrected chi connectivity index (χ0v) is 23.2. The van der Waals surface area contributed by atoms with E-state index >= 15 is 4.39 Å². The molecule has 4 N–H and O–H groups in total. The van der Waals surface area contributed by atoms with E-state index in [1.54, 1.807) is 6.92 Å². The molecule has 5 rings (SSSR count). The molecule has 0 bridgehead atoms. The second-order valence-electron chi connectivity index (χ2n) is 9.97. The lowest BCUT2D eigenvalue weighted by molar-refractivity contribution is -0.526. The monoisotopic (exact) mass is 616 g/mol. The zero-order valence-electron chi connectivity index (χ0n) is 21.7. The lowest BCUT2D eigenvalue weighted by Gasteiger charge is -2.30. The van der Waals surface area contributed by atoms with Gasteiger partial charge in [0, 0.05) is 44.4 Å². The maximum atomic E-state index is 15.5. The van der Waals surface area contributed by atoms with Gasteiger partial charge in [-0.2, -0.15) is 0 Å². The van der Waals surface area contributed by atoms with Crippen LogP contribution in [0.1, 0.15) is 57.2 Å². The molecule has 2 aliphatic heterocycles. The minimum atomic E-state index is -1.83. The number of nitrogens with one attached hydrogen (secondary N) is 2. The number of hydrogen-bond donors (Lipinski definition) is 3. The number of carbonyl (C=O) groups is 3. The molecule has 0 aromatic heterocycles. The van der Waals surface area contributed by atoms with Gasteiger partial charge in [-0.05, 0) is 42.8 Å².